The lowest BCUT2D eigenvalue weighted by Gasteiger charge is -2.11. The maximum absolute atomic E-state index is 13.4. The topological polar surface area (TPSA) is 85.6 Å². The van der Waals surface area contributed by atoms with Crippen LogP contribution in [0, 0.1) is 5.82 Å². The van der Waals surface area contributed by atoms with Gasteiger partial charge in [0.25, 0.3) is 11.5 Å². The average molecular weight is 493 g/mol. The first-order valence-electron chi connectivity index (χ1n) is 11.5. The van der Waals surface area contributed by atoms with Crippen molar-refractivity contribution in [3.05, 3.63) is 125 Å². The number of nitrogens with one attached hydrogen (secondary N) is 1. The highest BCUT2D eigenvalue weighted by Crippen LogP contribution is 2.20. The Kier molecular flexibility index (Phi) is 6.80. The summed E-state index contributed by atoms with van der Waals surface area (Å²) in [6.07, 6.45) is 1.49. The van der Waals surface area contributed by atoms with Crippen molar-refractivity contribution in [2.75, 3.05) is 11.9 Å². The third-order valence-corrected chi connectivity index (χ3v) is 5.48. The maximum Gasteiger partial charge on any atom is 0.282 e. The quantitative estimate of drug-likeness (QED) is 0.320. The van der Waals surface area contributed by atoms with Crippen molar-refractivity contribution < 1.29 is 13.9 Å². The summed E-state index contributed by atoms with van der Waals surface area (Å²) in [5.41, 5.74) is 1.89. The van der Waals surface area contributed by atoms with Gasteiger partial charge in [0.15, 0.2) is 12.4 Å². The van der Waals surface area contributed by atoms with Gasteiger partial charge in [0.1, 0.15) is 11.6 Å². The number of halogens is 1. The second kappa shape index (κ2) is 10.7. The lowest BCUT2D eigenvalue weighted by molar-refractivity contribution is -0.118. The third-order valence-electron chi connectivity index (χ3n) is 5.48. The molecule has 7 nitrogen and oxygen atoms in total. The van der Waals surface area contributed by atoms with E-state index in [1.54, 1.807) is 48.5 Å². The highest BCUT2D eigenvalue weighted by atomic mass is 19.1. The fourth-order valence-corrected chi connectivity index (χ4v) is 3.75. The number of aromatic nitrogens is 2. The predicted octanol–water partition coefficient (Wildman–Crippen LogP) is 5.10. The smallest absolute Gasteiger partial charge is 0.282 e. The molecule has 0 fully saturated rings. The number of para-hydroxylation sites is 2. The summed E-state index contributed by atoms with van der Waals surface area (Å²) in [5.74, 6) is -0.107. The Labute approximate surface area is 211 Å². The number of nitrogens with zero attached hydrogens (tertiary/aromatic N) is 3. The molecule has 0 radical (unpaired) electrons. The Bertz CT molecular complexity index is 1670. The molecule has 0 atom stereocenters. The molecule has 37 heavy (non-hydrogen) atoms. The lowest BCUT2D eigenvalue weighted by Crippen LogP contribution is -2.21. The number of amides is 1. The Morgan fingerprint density at radius 1 is 0.946 bits per heavy atom. The van der Waals surface area contributed by atoms with E-state index in [0.29, 0.717) is 33.7 Å². The van der Waals surface area contributed by atoms with Crippen molar-refractivity contribution in [3.8, 4) is 17.1 Å². The molecule has 1 N–H and O–H groups in total. The summed E-state index contributed by atoms with van der Waals surface area (Å²) in [6, 6.07) is 29.0. The van der Waals surface area contributed by atoms with Gasteiger partial charge in [-0.15, -0.1) is 0 Å². The molecular weight excluding hydrogens is 471 g/mol. The fraction of sp³-hybridized carbons (Fsp3) is 0.0345. The summed E-state index contributed by atoms with van der Waals surface area (Å²) in [7, 11) is 0. The molecule has 0 aliphatic heterocycles. The van der Waals surface area contributed by atoms with E-state index in [1.807, 2.05) is 36.4 Å². The van der Waals surface area contributed by atoms with Crippen LogP contribution in [0.25, 0.3) is 22.3 Å². The highest BCUT2D eigenvalue weighted by molar-refractivity contribution is 5.92. The van der Waals surface area contributed by atoms with E-state index < -0.39 is 11.7 Å². The van der Waals surface area contributed by atoms with Crippen LogP contribution in [0.1, 0.15) is 5.56 Å². The molecule has 0 aliphatic carbocycles. The molecule has 4 aromatic carbocycles. The van der Waals surface area contributed by atoms with Gasteiger partial charge in [-0.05, 0) is 42.5 Å². The van der Waals surface area contributed by atoms with E-state index in [0.717, 1.165) is 5.56 Å². The molecule has 182 valence electrons. The Morgan fingerprint density at radius 3 is 2.54 bits per heavy atom. The minimum absolute atomic E-state index is 0.298. The van der Waals surface area contributed by atoms with E-state index >= 15 is 0 Å². The zero-order valence-corrected chi connectivity index (χ0v) is 19.5. The number of fused-ring (bicyclic) bond motifs is 1. The molecule has 1 amide bonds. The minimum atomic E-state index is -0.450. The molecule has 0 aliphatic rings. The third kappa shape index (κ3) is 5.43. The van der Waals surface area contributed by atoms with Crippen LogP contribution in [0.2, 0.25) is 0 Å². The van der Waals surface area contributed by atoms with Crippen LogP contribution < -0.4 is 15.6 Å². The predicted molar refractivity (Wildman–Crippen MR) is 141 cm³/mol. The highest BCUT2D eigenvalue weighted by Gasteiger charge is 2.13. The van der Waals surface area contributed by atoms with Gasteiger partial charge in [-0.3, -0.25) is 9.59 Å². The molecule has 1 heterocycles. The summed E-state index contributed by atoms with van der Waals surface area (Å²) in [6.45, 7) is -0.298. The summed E-state index contributed by atoms with van der Waals surface area (Å²) in [4.78, 5) is 30.3. The number of anilines is 1. The molecule has 8 heteroatoms. The largest absolute Gasteiger partial charge is 0.483 e. The number of carbonyl (C=O) groups is 1. The van der Waals surface area contributed by atoms with Crippen molar-refractivity contribution in [2.45, 2.75) is 0 Å². The van der Waals surface area contributed by atoms with E-state index in [2.05, 4.69) is 15.4 Å². The molecule has 0 spiro atoms. The number of hydrogen-bond donors (Lipinski definition) is 1. The Morgan fingerprint density at radius 2 is 1.70 bits per heavy atom. The van der Waals surface area contributed by atoms with Gasteiger partial charge < -0.3 is 10.1 Å². The molecular formula is C29H21FN4O3. The number of benzene rings is 4. The van der Waals surface area contributed by atoms with Crippen molar-refractivity contribution in [1.29, 1.82) is 0 Å². The van der Waals surface area contributed by atoms with Gasteiger partial charge >= 0.3 is 0 Å². The van der Waals surface area contributed by atoms with Gasteiger partial charge in [-0.25, -0.2) is 9.37 Å². The van der Waals surface area contributed by atoms with Crippen molar-refractivity contribution in [3.63, 3.8) is 0 Å². The number of carbonyl (C=O) groups excluding carboxylic acids is 1. The van der Waals surface area contributed by atoms with Crippen LogP contribution in [0.4, 0.5) is 10.1 Å². The van der Waals surface area contributed by atoms with Crippen LogP contribution >= 0.6 is 0 Å². The van der Waals surface area contributed by atoms with Crippen LogP contribution in [0.5, 0.6) is 5.75 Å². The second-order valence-electron chi connectivity index (χ2n) is 8.07. The fourth-order valence-electron chi connectivity index (χ4n) is 3.75. The summed E-state index contributed by atoms with van der Waals surface area (Å²) < 4.78 is 20.3. The van der Waals surface area contributed by atoms with Gasteiger partial charge in [-0.2, -0.15) is 9.78 Å². The molecule has 5 rings (SSSR count). The van der Waals surface area contributed by atoms with Crippen LogP contribution in [0.15, 0.2) is 113 Å². The first-order valence-corrected chi connectivity index (χ1v) is 11.5. The molecule has 0 bridgehead atoms. The van der Waals surface area contributed by atoms with E-state index in [-0.39, 0.29) is 12.2 Å². The zero-order chi connectivity index (χ0) is 25.6. The van der Waals surface area contributed by atoms with Crippen LogP contribution in [0.3, 0.4) is 0 Å². The first kappa shape index (κ1) is 23.6. The standard InChI is InChI=1S/C29H21FN4O3/c30-22-12-8-13-23(17-22)32-27(35)19-37-26-16-7-4-11-21(26)18-31-34-28(20-9-2-1-3-10-20)33-25-15-6-5-14-24(25)29(34)36/h1-18H,19H2,(H,32,35). The average Bonchev–Trinajstić information content (AvgIpc) is 2.92. The monoisotopic (exact) mass is 492 g/mol. The SMILES string of the molecule is O=C(COc1ccccc1C=Nn1c(-c2ccccc2)nc2ccccc2c1=O)Nc1cccc(F)c1. The molecule has 1 aromatic heterocycles. The Balaban J connectivity index is 1.43. The van der Waals surface area contributed by atoms with Crippen LogP contribution in [-0.2, 0) is 4.79 Å². The van der Waals surface area contributed by atoms with E-state index in [9.17, 15) is 14.0 Å². The molecule has 5 aromatic rings. The van der Waals surface area contributed by atoms with Gasteiger partial charge in [0, 0.05) is 16.8 Å². The van der Waals surface area contributed by atoms with E-state index in [4.69, 9.17) is 4.74 Å². The molecule has 0 saturated carbocycles. The van der Waals surface area contributed by atoms with Gasteiger partial charge in [0.05, 0.1) is 17.1 Å². The molecule has 0 saturated heterocycles. The lowest BCUT2D eigenvalue weighted by atomic mass is 10.2. The van der Waals surface area contributed by atoms with Crippen molar-refractivity contribution in [1.82, 2.24) is 9.66 Å². The molecule has 0 unspecified atom stereocenters. The van der Waals surface area contributed by atoms with Crippen molar-refractivity contribution in [2.24, 2.45) is 5.10 Å². The summed E-state index contributed by atoms with van der Waals surface area (Å²) in [5, 5.41) is 7.49. The Hall–Kier alpha value is -5.11. The second-order valence-corrected chi connectivity index (χ2v) is 8.07. The number of hydrogen-bond acceptors (Lipinski definition) is 5. The first-order chi connectivity index (χ1) is 18.1. The zero-order valence-electron chi connectivity index (χ0n) is 19.5. The van der Waals surface area contributed by atoms with Crippen LogP contribution in [-0.4, -0.2) is 28.4 Å². The maximum atomic E-state index is 13.4. The summed E-state index contributed by atoms with van der Waals surface area (Å²) >= 11 is 0. The number of rotatable bonds is 7. The van der Waals surface area contributed by atoms with Crippen molar-refractivity contribution >= 4 is 28.7 Å². The number of ether oxygens (including phenoxy) is 1. The van der Waals surface area contributed by atoms with Gasteiger partial charge in [-0.1, -0.05) is 60.7 Å². The van der Waals surface area contributed by atoms with E-state index in [1.165, 1.54) is 29.1 Å². The normalized spacial score (nSPS) is 11.1. The van der Waals surface area contributed by atoms with Gasteiger partial charge in [0.2, 0.25) is 0 Å². The minimum Gasteiger partial charge on any atom is -0.483 e.